The van der Waals surface area contributed by atoms with Crippen LogP contribution in [0.4, 0.5) is 0 Å². The molecule has 5 nitrogen and oxygen atoms in total. The van der Waals surface area contributed by atoms with Crippen LogP contribution in [0.3, 0.4) is 0 Å². The van der Waals surface area contributed by atoms with Gasteiger partial charge in [0, 0.05) is 12.0 Å². The van der Waals surface area contributed by atoms with Crippen LogP contribution in [0.2, 0.25) is 0 Å². The summed E-state index contributed by atoms with van der Waals surface area (Å²) in [6.07, 6.45) is 6.15. The average Bonchev–Trinajstić information content (AvgIpc) is 3.09. The fraction of sp³-hybridized carbons (Fsp3) is 0.538. The van der Waals surface area contributed by atoms with E-state index in [-0.39, 0.29) is 0 Å². The number of nitrogens with zero attached hydrogens (tertiary/aromatic N) is 2. The van der Waals surface area contributed by atoms with Gasteiger partial charge in [-0.05, 0) is 44.9 Å². The first-order chi connectivity index (χ1) is 8.86. The van der Waals surface area contributed by atoms with E-state index in [1.807, 2.05) is 19.2 Å². The number of nitrogens with one attached hydrogen (secondary N) is 1. The predicted octanol–water partition coefficient (Wildman–Crippen LogP) is 2.58. The van der Waals surface area contributed by atoms with E-state index in [1.54, 1.807) is 6.26 Å². The lowest BCUT2D eigenvalue weighted by atomic mass is 9.86. The van der Waals surface area contributed by atoms with Crippen LogP contribution in [-0.4, -0.2) is 23.2 Å². The average molecular weight is 247 g/mol. The van der Waals surface area contributed by atoms with Gasteiger partial charge in [0.05, 0.1) is 6.26 Å². The van der Waals surface area contributed by atoms with Crippen LogP contribution in [0.5, 0.6) is 0 Å². The summed E-state index contributed by atoms with van der Waals surface area (Å²) in [5.74, 6) is 2.35. The molecule has 5 heteroatoms. The number of rotatable bonds is 3. The molecule has 1 fully saturated rings. The van der Waals surface area contributed by atoms with Crippen LogP contribution >= 0.6 is 0 Å². The van der Waals surface area contributed by atoms with E-state index >= 15 is 0 Å². The molecule has 96 valence electrons. The van der Waals surface area contributed by atoms with Gasteiger partial charge in [0.15, 0.2) is 5.76 Å². The van der Waals surface area contributed by atoms with Gasteiger partial charge in [-0.25, -0.2) is 0 Å². The molecule has 1 saturated carbocycles. The van der Waals surface area contributed by atoms with E-state index in [9.17, 15) is 0 Å². The Morgan fingerprint density at radius 1 is 1.28 bits per heavy atom. The Kier molecular flexibility index (Phi) is 3.15. The number of furan rings is 1. The van der Waals surface area contributed by atoms with Crippen LogP contribution in [0, 0.1) is 0 Å². The quantitative estimate of drug-likeness (QED) is 0.903. The van der Waals surface area contributed by atoms with Gasteiger partial charge in [0.1, 0.15) is 0 Å². The zero-order valence-corrected chi connectivity index (χ0v) is 10.4. The molecule has 18 heavy (non-hydrogen) atoms. The maximum atomic E-state index is 5.36. The standard InChI is InChI=1S/C13H17N3O2/c1-14-10-6-4-9(5-7-10)13-15-12(16-18-13)11-3-2-8-17-11/h2-3,8-10,14H,4-7H2,1H3. The summed E-state index contributed by atoms with van der Waals surface area (Å²) in [5, 5.41) is 7.30. The lowest BCUT2D eigenvalue weighted by Crippen LogP contribution is -2.29. The van der Waals surface area contributed by atoms with Gasteiger partial charge in [0.25, 0.3) is 0 Å². The van der Waals surface area contributed by atoms with E-state index in [2.05, 4.69) is 15.5 Å². The monoisotopic (exact) mass is 247 g/mol. The normalized spacial score (nSPS) is 24.3. The fourth-order valence-electron chi connectivity index (χ4n) is 2.54. The minimum absolute atomic E-state index is 0.394. The van der Waals surface area contributed by atoms with Crippen molar-refractivity contribution < 1.29 is 8.94 Å². The zero-order chi connectivity index (χ0) is 12.4. The number of hydrogen-bond acceptors (Lipinski definition) is 5. The number of aromatic nitrogens is 2. The molecular weight excluding hydrogens is 230 g/mol. The maximum Gasteiger partial charge on any atom is 0.238 e. The second-order valence-electron chi connectivity index (χ2n) is 4.77. The van der Waals surface area contributed by atoms with Gasteiger partial charge >= 0.3 is 0 Å². The van der Waals surface area contributed by atoms with Crippen LogP contribution in [-0.2, 0) is 0 Å². The molecule has 0 atom stereocenters. The first kappa shape index (κ1) is 11.5. The van der Waals surface area contributed by atoms with Gasteiger partial charge in [0.2, 0.25) is 11.7 Å². The van der Waals surface area contributed by atoms with Gasteiger partial charge < -0.3 is 14.3 Å². The Labute approximate surface area is 106 Å². The Bertz CT molecular complexity index is 484. The van der Waals surface area contributed by atoms with E-state index < -0.39 is 0 Å². The molecule has 2 aromatic rings. The summed E-state index contributed by atoms with van der Waals surface area (Å²) >= 11 is 0. The first-order valence-electron chi connectivity index (χ1n) is 6.41. The molecule has 0 bridgehead atoms. The molecule has 0 spiro atoms. The summed E-state index contributed by atoms with van der Waals surface area (Å²) in [7, 11) is 2.02. The molecule has 1 aliphatic rings. The summed E-state index contributed by atoms with van der Waals surface area (Å²) < 4.78 is 10.6. The largest absolute Gasteiger partial charge is 0.461 e. The molecule has 2 aromatic heterocycles. The highest BCUT2D eigenvalue weighted by molar-refractivity contribution is 5.44. The smallest absolute Gasteiger partial charge is 0.238 e. The van der Waals surface area contributed by atoms with Gasteiger partial charge in [-0.3, -0.25) is 0 Å². The highest BCUT2D eigenvalue weighted by Gasteiger charge is 2.26. The molecule has 0 unspecified atom stereocenters. The van der Waals surface area contributed by atoms with Crippen molar-refractivity contribution >= 4 is 0 Å². The molecular formula is C13H17N3O2. The molecule has 0 saturated heterocycles. The summed E-state index contributed by atoms with van der Waals surface area (Å²) in [6.45, 7) is 0. The molecule has 0 aliphatic heterocycles. The van der Waals surface area contributed by atoms with Crippen LogP contribution < -0.4 is 5.32 Å². The minimum Gasteiger partial charge on any atom is -0.461 e. The van der Waals surface area contributed by atoms with Crippen molar-refractivity contribution in [3.63, 3.8) is 0 Å². The highest BCUT2D eigenvalue weighted by atomic mass is 16.5. The lowest BCUT2D eigenvalue weighted by Gasteiger charge is -2.25. The van der Waals surface area contributed by atoms with Crippen molar-refractivity contribution in [2.24, 2.45) is 0 Å². The summed E-state index contributed by atoms with van der Waals surface area (Å²) in [4.78, 5) is 4.44. The van der Waals surface area contributed by atoms with E-state index in [0.717, 1.165) is 18.7 Å². The van der Waals surface area contributed by atoms with Crippen molar-refractivity contribution in [1.82, 2.24) is 15.5 Å². The Balaban J connectivity index is 1.71. The molecule has 2 heterocycles. The van der Waals surface area contributed by atoms with Crippen LogP contribution in [0.15, 0.2) is 27.3 Å². The van der Waals surface area contributed by atoms with Crippen molar-refractivity contribution in [3.05, 3.63) is 24.3 Å². The van der Waals surface area contributed by atoms with Gasteiger partial charge in [-0.15, -0.1) is 0 Å². The first-order valence-corrected chi connectivity index (χ1v) is 6.41. The van der Waals surface area contributed by atoms with Crippen LogP contribution in [0.25, 0.3) is 11.6 Å². The van der Waals surface area contributed by atoms with E-state index in [4.69, 9.17) is 8.94 Å². The molecule has 1 N–H and O–H groups in total. The molecule has 0 radical (unpaired) electrons. The summed E-state index contributed by atoms with van der Waals surface area (Å²) in [5.41, 5.74) is 0. The van der Waals surface area contributed by atoms with E-state index in [1.165, 1.54) is 12.8 Å². The molecule has 0 amide bonds. The zero-order valence-electron chi connectivity index (χ0n) is 10.4. The van der Waals surface area contributed by atoms with Crippen molar-refractivity contribution in [2.75, 3.05) is 7.05 Å². The third-order valence-electron chi connectivity index (χ3n) is 3.67. The summed E-state index contributed by atoms with van der Waals surface area (Å²) in [6, 6.07) is 4.30. The predicted molar refractivity (Wildman–Crippen MR) is 66.1 cm³/mol. The SMILES string of the molecule is CNC1CCC(c2nc(-c3ccco3)no2)CC1. The molecule has 1 aliphatic carbocycles. The second-order valence-corrected chi connectivity index (χ2v) is 4.77. The topological polar surface area (TPSA) is 64.1 Å². The van der Waals surface area contributed by atoms with Crippen LogP contribution in [0.1, 0.15) is 37.5 Å². The van der Waals surface area contributed by atoms with Crippen molar-refractivity contribution in [1.29, 1.82) is 0 Å². The van der Waals surface area contributed by atoms with E-state index in [0.29, 0.717) is 23.5 Å². The van der Waals surface area contributed by atoms with Gasteiger partial charge in [-0.2, -0.15) is 4.98 Å². The maximum absolute atomic E-state index is 5.36. The van der Waals surface area contributed by atoms with Crippen molar-refractivity contribution in [2.45, 2.75) is 37.6 Å². The van der Waals surface area contributed by atoms with Gasteiger partial charge in [-0.1, -0.05) is 5.16 Å². The molecule has 3 rings (SSSR count). The Hall–Kier alpha value is -1.62. The Morgan fingerprint density at radius 3 is 2.78 bits per heavy atom. The third-order valence-corrected chi connectivity index (χ3v) is 3.67. The fourth-order valence-corrected chi connectivity index (χ4v) is 2.54. The Morgan fingerprint density at radius 2 is 2.11 bits per heavy atom. The third kappa shape index (κ3) is 2.18. The highest BCUT2D eigenvalue weighted by Crippen LogP contribution is 2.32. The lowest BCUT2D eigenvalue weighted by molar-refractivity contribution is 0.288. The number of hydrogen-bond donors (Lipinski definition) is 1. The minimum atomic E-state index is 0.394. The molecule has 0 aromatic carbocycles. The van der Waals surface area contributed by atoms with Crippen molar-refractivity contribution in [3.8, 4) is 11.6 Å². The second kappa shape index (κ2) is 4.94.